The zero-order valence-corrected chi connectivity index (χ0v) is 11.5. The third kappa shape index (κ3) is 3.20. The zero-order valence-electron chi connectivity index (χ0n) is 11.5. The topological polar surface area (TPSA) is 48.4 Å². The average molecular weight is 297 g/mol. The van der Waals surface area contributed by atoms with Gasteiger partial charge in [0.1, 0.15) is 17.1 Å². The molecule has 0 N–H and O–H groups in total. The first-order chi connectivity index (χ1) is 10.7. The van der Waals surface area contributed by atoms with E-state index in [2.05, 4.69) is 4.98 Å². The number of benzene rings is 2. The summed E-state index contributed by atoms with van der Waals surface area (Å²) in [7, 11) is 0. The second-order valence-corrected chi connectivity index (χ2v) is 4.55. The Hall–Kier alpha value is -2.95. The summed E-state index contributed by atoms with van der Waals surface area (Å²) in [5.41, 5.74) is 0.611. The molecule has 0 amide bonds. The molecule has 110 valence electrons. The highest BCUT2D eigenvalue weighted by Gasteiger charge is 2.09. The Morgan fingerprint density at radius 3 is 2.64 bits per heavy atom. The number of para-hydroxylation sites is 1. The van der Waals surface area contributed by atoms with Crippen molar-refractivity contribution >= 4 is 16.9 Å². The van der Waals surface area contributed by atoms with Crippen molar-refractivity contribution in [3.8, 4) is 11.5 Å². The van der Waals surface area contributed by atoms with Gasteiger partial charge in [-0.1, -0.05) is 18.2 Å². The number of carbonyl (C=O) groups excluding carboxylic acids is 1. The minimum absolute atomic E-state index is 0.269. The molecule has 0 fully saturated rings. The lowest BCUT2D eigenvalue weighted by Crippen LogP contribution is -2.17. The highest BCUT2D eigenvalue weighted by molar-refractivity contribution is 5.87. The summed E-state index contributed by atoms with van der Waals surface area (Å²) in [5.74, 6) is -0.139. The van der Waals surface area contributed by atoms with Crippen LogP contribution in [0.5, 0.6) is 11.5 Å². The van der Waals surface area contributed by atoms with Crippen molar-refractivity contribution in [1.82, 2.24) is 4.98 Å². The molecule has 1 heterocycles. The summed E-state index contributed by atoms with van der Waals surface area (Å²) < 4.78 is 23.3. The van der Waals surface area contributed by atoms with Gasteiger partial charge in [-0.05, 0) is 36.4 Å². The Bertz CT molecular complexity index is 797. The van der Waals surface area contributed by atoms with Gasteiger partial charge in [-0.15, -0.1) is 0 Å². The van der Waals surface area contributed by atoms with Gasteiger partial charge in [0.05, 0.1) is 0 Å². The maximum Gasteiger partial charge on any atom is 0.349 e. The van der Waals surface area contributed by atoms with Crippen molar-refractivity contribution in [1.29, 1.82) is 0 Å². The van der Waals surface area contributed by atoms with Crippen LogP contribution in [0.4, 0.5) is 4.39 Å². The molecule has 0 saturated carbocycles. The van der Waals surface area contributed by atoms with Crippen molar-refractivity contribution in [2.75, 3.05) is 6.61 Å². The summed E-state index contributed by atoms with van der Waals surface area (Å²) in [5, 5.41) is 0.882. The van der Waals surface area contributed by atoms with Gasteiger partial charge in [-0.25, -0.2) is 9.18 Å². The molecule has 0 bridgehead atoms. The number of halogens is 1. The highest BCUT2D eigenvalue weighted by atomic mass is 19.1. The van der Waals surface area contributed by atoms with Crippen LogP contribution in [0.1, 0.15) is 0 Å². The van der Waals surface area contributed by atoms with Crippen LogP contribution >= 0.6 is 0 Å². The van der Waals surface area contributed by atoms with E-state index < -0.39 is 5.97 Å². The van der Waals surface area contributed by atoms with Gasteiger partial charge in [-0.2, -0.15) is 0 Å². The van der Waals surface area contributed by atoms with Gasteiger partial charge in [0, 0.05) is 11.6 Å². The predicted octanol–water partition coefficient (Wildman–Crippen LogP) is 3.36. The number of aromatic nitrogens is 1. The van der Waals surface area contributed by atoms with Gasteiger partial charge < -0.3 is 9.47 Å². The molecule has 22 heavy (non-hydrogen) atoms. The number of esters is 1. The van der Waals surface area contributed by atoms with Gasteiger partial charge in [0.2, 0.25) is 0 Å². The van der Waals surface area contributed by atoms with Crippen LogP contribution in [0.15, 0.2) is 60.8 Å². The van der Waals surface area contributed by atoms with Crippen LogP contribution in [-0.4, -0.2) is 17.6 Å². The van der Waals surface area contributed by atoms with Crippen LogP contribution in [-0.2, 0) is 4.79 Å². The molecule has 0 aliphatic carbocycles. The van der Waals surface area contributed by atoms with Crippen molar-refractivity contribution in [2.24, 2.45) is 0 Å². The normalized spacial score (nSPS) is 10.4. The number of hydrogen-bond donors (Lipinski definition) is 0. The maximum absolute atomic E-state index is 12.8. The quantitative estimate of drug-likeness (QED) is 0.547. The van der Waals surface area contributed by atoms with Crippen molar-refractivity contribution in [2.45, 2.75) is 0 Å². The van der Waals surface area contributed by atoms with Crippen LogP contribution in [0.25, 0.3) is 10.9 Å². The molecule has 3 rings (SSSR count). The minimum Gasteiger partial charge on any atom is -0.482 e. The van der Waals surface area contributed by atoms with Crippen LogP contribution < -0.4 is 9.47 Å². The Morgan fingerprint density at radius 2 is 1.82 bits per heavy atom. The van der Waals surface area contributed by atoms with E-state index in [0.717, 1.165) is 5.39 Å². The first kappa shape index (κ1) is 14.0. The number of rotatable bonds is 4. The summed E-state index contributed by atoms with van der Waals surface area (Å²) in [6.45, 7) is -0.269. The SMILES string of the molecule is O=C(COc1ccc(F)cc1)Oc1cccc2cccnc12. The molecule has 5 heteroatoms. The number of hydrogen-bond acceptors (Lipinski definition) is 4. The van der Waals surface area contributed by atoms with Crippen LogP contribution in [0.2, 0.25) is 0 Å². The lowest BCUT2D eigenvalue weighted by molar-refractivity contribution is -0.136. The van der Waals surface area contributed by atoms with E-state index in [1.807, 2.05) is 18.2 Å². The average Bonchev–Trinajstić information content (AvgIpc) is 2.55. The Labute approximate surface area is 126 Å². The third-order valence-electron chi connectivity index (χ3n) is 2.99. The second kappa shape index (κ2) is 6.22. The standard InChI is InChI=1S/C17H12FNO3/c18-13-6-8-14(9-7-13)21-11-16(20)22-15-5-1-3-12-4-2-10-19-17(12)15/h1-10H,11H2. The number of carbonyl (C=O) groups is 1. The number of pyridine rings is 1. The molecule has 3 aromatic rings. The molecule has 4 nitrogen and oxygen atoms in total. The van der Waals surface area contributed by atoms with E-state index in [1.165, 1.54) is 24.3 Å². The van der Waals surface area contributed by atoms with Crippen molar-refractivity contribution < 1.29 is 18.7 Å². The van der Waals surface area contributed by atoms with Crippen molar-refractivity contribution in [3.05, 3.63) is 66.6 Å². The fraction of sp³-hybridized carbons (Fsp3) is 0.0588. The summed E-state index contributed by atoms with van der Waals surface area (Å²) in [6, 6.07) is 14.4. The van der Waals surface area contributed by atoms with Crippen molar-refractivity contribution in [3.63, 3.8) is 0 Å². The van der Waals surface area contributed by atoms with Gasteiger partial charge in [0.15, 0.2) is 12.4 Å². The molecule has 2 aromatic carbocycles. The van der Waals surface area contributed by atoms with E-state index >= 15 is 0 Å². The molecule has 0 aliphatic rings. The van der Waals surface area contributed by atoms with Gasteiger partial charge >= 0.3 is 5.97 Å². The monoisotopic (exact) mass is 297 g/mol. The maximum atomic E-state index is 12.8. The lowest BCUT2D eigenvalue weighted by Gasteiger charge is -2.08. The van der Waals surface area contributed by atoms with E-state index in [0.29, 0.717) is 17.0 Å². The zero-order chi connectivity index (χ0) is 15.4. The van der Waals surface area contributed by atoms with E-state index in [4.69, 9.17) is 9.47 Å². The van der Waals surface area contributed by atoms with Gasteiger partial charge in [-0.3, -0.25) is 4.98 Å². The van der Waals surface area contributed by atoms with E-state index in [9.17, 15) is 9.18 Å². The Morgan fingerprint density at radius 1 is 1.05 bits per heavy atom. The third-order valence-corrected chi connectivity index (χ3v) is 2.99. The Kier molecular flexibility index (Phi) is 3.96. The summed E-state index contributed by atoms with van der Waals surface area (Å²) in [6.07, 6.45) is 1.63. The largest absolute Gasteiger partial charge is 0.482 e. The molecule has 0 saturated heterocycles. The fourth-order valence-electron chi connectivity index (χ4n) is 1.98. The predicted molar refractivity (Wildman–Crippen MR) is 79.3 cm³/mol. The van der Waals surface area contributed by atoms with E-state index in [-0.39, 0.29) is 12.4 Å². The first-order valence-electron chi connectivity index (χ1n) is 6.65. The summed E-state index contributed by atoms with van der Waals surface area (Å²) >= 11 is 0. The molecule has 0 unspecified atom stereocenters. The number of fused-ring (bicyclic) bond motifs is 1. The lowest BCUT2D eigenvalue weighted by atomic mass is 10.2. The first-order valence-corrected chi connectivity index (χ1v) is 6.65. The molecule has 0 radical (unpaired) electrons. The Balaban J connectivity index is 1.67. The number of ether oxygens (including phenoxy) is 2. The number of nitrogens with zero attached hydrogens (tertiary/aromatic N) is 1. The van der Waals surface area contributed by atoms with E-state index in [1.54, 1.807) is 18.3 Å². The van der Waals surface area contributed by atoms with Crippen LogP contribution in [0.3, 0.4) is 0 Å². The highest BCUT2D eigenvalue weighted by Crippen LogP contribution is 2.23. The molecule has 0 atom stereocenters. The minimum atomic E-state index is -0.553. The molecule has 0 spiro atoms. The fourth-order valence-corrected chi connectivity index (χ4v) is 1.98. The molecule has 0 aliphatic heterocycles. The smallest absolute Gasteiger partial charge is 0.349 e. The summed E-state index contributed by atoms with van der Waals surface area (Å²) in [4.78, 5) is 16.0. The molecular weight excluding hydrogens is 285 g/mol. The van der Waals surface area contributed by atoms with Crippen LogP contribution in [0, 0.1) is 5.82 Å². The molecular formula is C17H12FNO3. The molecule has 1 aromatic heterocycles. The second-order valence-electron chi connectivity index (χ2n) is 4.55. The van der Waals surface area contributed by atoms with Gasteiger partial charge in [0.25, 0.3) is 0 Å².